The van der Waals surface area contributed by atoms with E-state index in [0.29, 0.717) is 0 Å². The third-order valence-corrected chi connectivity index (χ3v) is 5.20. The molecule has 0 heterocycles. The van der Waals surface area contributed by atoms with E-state index in [2.05, 4.69) is 69.3 Å². The zero-order valence-corrected chi connectivity index (χ0v) is 18.1. The van der Waals surface area contributed by atoms with Gasteiger partial charge in [0.25, 0.3) is 0 Å². The van der Waals surface area contributed by atoms with Gasteiger partial charge in [0.2, 0.25) is 0 Å². The van der Waals surface area contributed by atoms with Crippen molar-refractivity contribution in [2.24, 2.45) is 0 Å². The molecule has 1 unspecified atom stereocenters. The second-order valence-corrected chi connectivity index (χ2v) is 7.63. The van der Waals surface area contributed by atoms with Crippen molar-refractivity contribution in [3.8, 4) is 16.9 Å². The Hall–Kier alpha value is -1.80. The number of rotatable bonds is 14. The summed E-state index contributed by atoms with van der Waals surface area (Å²) < 4.78 is 11.8. The standard InChI is InChI=1S/C26H38O2/c1-4-6-8-9-11-21-28-26-18-16-25(17-19-26)24-14-12-23(13-15-24)22(3)27-20-10-7-5-2/h12-19,22H,4-11,20-21H2,1-3H3. The highest BCUT2D eigenvalue weighted by Gasteiger charge is 2.06. The van der Waals surface area contributed by atoms with E-state index in [1.165, 1.54) is 55.2 Å². The summed E-state index contributed by atoms with van der Waals surface area (Å²) in [6.07, 6.45) is 10.1. The van der Waals surface area contributed by atoms with Gasteiger partial charge >= 0.3 is 0 Å². The van der Waals surface area contributed by atoms with Gasteiger partial charge in [0.05, 0.1) is 12.7 Å². The second-order valence-electron chi connectivity index (χ2n) is 7.63. The molecule has 0 amide bonds. The van der Waals surface area contributed by atoms with Gasteiger partial charge < -0.3 is 9.47 Å². The minimum atomic E-state index is 0.152. The molecular weight excluding hydrogens is 344 g/mol. The fourth-order valence-electron chi connectivity index (χ4n) is 3.29. The molecule has 0 saturated carbocycles. The summed E-state index contributed by atoms with van der Waals surface area (Å²) in [6, 6.07) is 17.2. The van der Waals surface area contributed by atoms with E-state index in [0.717, 1.165) is 31.8 Å². The van der Waals surface area contributed by atoms with Crippen LogP contribution < -0.4 is 4.74 Å². The molecular formula is C26H38O2. The van der Waals surface area contributed by atoms with Crippen LogP contribution in [0.15, 0.2) is 48.5 Å². The zero-order valence-electron chi connectivity index (χ0n) is 18.1. The lowest BCUT2D eigenvalue weighted by Gasteiger charge is -2.14. The molecule has 2 aromatic rings. The summed E-state index contributed by atoms with van der Waals surface area (Å²) in [7, 11) is 0. The van der Waals surface area contributed by atoms with Gasteiger partial charge in [-0.2, -0.15) is 0 Å². The Morgan fingerprint density at radius 3 is 1.82 bits per heavy atom. The van der Waals surface area contributed by atoms with Crippen molar-refractivity contribution in [2.75, 3.05) is 13.2 Å². The molecule has 0 saturated heterocycles. The smallest absolute Gasteiger partial charge is 0.119 e. The van der Waals surface area contributed by atoms with Crippen LogP contribution in [0.5, 0.6) is 5.75 Å². The molecule has 2 nitrogen and oxygen atoms in total. The number of unbranched alkanes of at least 4 members (excludes halogenated alkanes) is 6. The van der Waals surface area contributed by atoms with E-state index in [9.17, 15) is 0 Å². The Bertz CT molecular complexity index is 630. The summed E-state index contributed by atoms with van der Waals surface area (Å²) in [6.45, 7) is 8.25. The molecule has 2 heteroatoms. The summed E-state index contributed by atoms with van der Waals surface area (Å²) in [4.78, 5) is 0. The van der Waals surface area contributed by atoms with E-state index in [1.54, 1.807) is 0 Å². The molecule has 0 fully saturated rings. The van der Waals surface area contributed by atoms with Gasteiger partial charge in [0.15, 0.2) is 0 Å². The lowest BCUT2D eigenvalue weighted by Crippen LogP contribution is -2.01. The maximum absolute atomic E-state index is 5.94. The van der Waals surface area contributed by atoms with E-state index in [4.69, 9.17) is 9.47 Å². The van der Waals surface area contributed by atoms with Crippen LogP contribution in [0.4, 0.5) is 0 Å². The molecule has 0 bridgehead atoms. The predicted molar refractivity (Wildman–Crippen MR) is 120 cm³/mol. The van der Waals surface area contributed by atoms with Gasteiger partial charge in [-0.1, -0.05) is 88.8 Å². The monoisotopic (exact) mass is 382 g/mol. The average Bonchev–Trinajstić information content (AvgIpc) is 2.74. The van der Waals surface area contributed by atoms with Gasteiger partial charge in [-0.25, -0.2) is 0 Å². The SMILES string of the molecule is CCCCCCCOc1ccc(-c2ccc(C(C)OCCCCC)cc2)cc1. The van der Waals surface area contributed by atoms with E-state index < -0.39 is 0 Å². The third kappa shape index (κ3) is 8.06. The Balaban J connectivity index is 1.79. The van der Waals surface area contributed by atoms with Crippen LogP contribution in [-0.4, -0.2) is 13.2 Å². The van der Waals surface area contributed by atoms with Gasteiger partial charge in [-0.3, -0.25) is 0 Å². The Morgan fingerprint density at radius 1 is 0.643 bits per heavy atom. The number of hydrogen-bond acceptors (Lipinski definition) is 2. The Morgan fingerprint density at radius 2 is 1.18 bits per heavy atom. The number of benzene rings is 2. The van der Waals surface area contributed by atoms with Crippen LogP contribution in [-0.2, 0) is 4.74 Å². The van der Waals surface area contributed by atoms with Crippen molar-refractivity contribution in [2.45, 2.75) is 78.2 Å². The normalized spacial score (nSPS) is 12.1. The fraction of sp³-hybridized carbons (Fsp3) is 0.538. The first-order chi connectivity index (χ1) is 13.7. The minimum absolute atomic E-state index is 0.152. The molecule has 28 heavy (non-hydrogen) atoms. The minimum Gasteiger partial charge on any atom is -0.494 e. The van der Waals surface area contributed by atoms with Crippen molar-refractivity contribution in [3.63, 3.8) is 0 Å². The van der Waals surface area contributed by atoms with Crippen LogP contribution in [0.3, 0.4) is 0 Å². The molecule has 0 aromatic heterocycles. The van der Waals surface area contributed by atoms with Crippen LogP contribution in [0.1, 0.15) is 83.8 Å². The van der Waals surface area contributed by atoms with Crippen molar-refractivity contribution in [1.29, 1.82) is 0 Å². The van der Waals surface area contributed by atoms with Gasteiger partial charge in [0.1, 0.15) is 5.75 Å². The summed E-state index contributed by atoms with van der Waals surface area (Å²) in [5.41, 5.74) is 3.69. The first kappa shape index (κ1) is 22.5. The Kier molecular flexibility index (Phi) is 10.8. The van der Waals surface area contributed by atoms with E-state index in [1.807, 2.05) is 0 Å². The molecule has 2 rings (SSSR count). The van der Waals surface area contributed by atoms with Gasteiger partial charge in [-0.05, 0) is 48.6 Å². The molecule has 1 atom stereocenters. The van der Waals surface area contributed by atoms with Crippen LogP contribution >= 0.6 is 0 Å². The average molecular weight is 383 g/mol. The van der Waals surface area contributed by atoms with Crippen molar-refractivity contribution >= 4 is 0 Å². The zero-order chi connectivity index (χ0) is 20.0. The van der Waals surface area contributed by atoms with Crippen LogP contribution in [0.25, 0.3) is 11.1 Å². The number of ether oxygens (including phenoxy) is 2. The van der Waals surface area contributed by atoms with Crippen LogP contribution in [0, 0.1) is 0 Å². The summed E-state index contributed by atoms with van der Waals surface area (Å²) in [5, 5.41) is 0. The summed E-state index contributed by atoms with van der Waals surface area (Å²) >= 11 is 0. The summed E-state index contributed by atoms with van der Waals surface area (Å²) in [5.74, 6) is 0.963. The second kappa shape index (κ2) is 13.4. The van der Waals surface area contributed by atoms with Crippen LogP contribution in [0.2, 0.25) is 0 Å². The van der Waals surface area contributed by atoms with Gasteiger partial charge in [0, 0.05) is 6.61 Å². The maximum Gasteiger partial charge on any atom is 0.119 e. The largest absolute Gasteiger partial charge is 0.494 e. The van der Waals surface area contributed by atoms with Crippen molar-refractivity contribution in [3.05, 3.63) is 54.1 Å². The first-order valence-corrected chi connectivity index (χ1v) is 11.2. The molecule has 0 radical (unpaired) electrons. The predicted octanol–water partition coefficient (Wildman–Crippen LogP) is 7.97. The molecule has 0 aliphatic carbocycles. The molecule has 0 aliphatic heterocycles. The lowest BCUT2D eigenvalue weighted by atomic mass is 10.0. The van der Waals surface area contributed by atoms with Crippen molar-refractivity contribution < 1.29 is 9.47 Å². The van der Waals surface area contributed by atoms with E-state index >= 15 is 0 Å². The third-order valence-electron chi connectivity index (χ3n) is 5.20. The quantitative estimate of drug-likeness (QED) is 0.308. The molecule has 0 aliphatic rings. The molecule has 0 N–H and O–H groups in total. The highest BCUT2D eigenvalue weighted by Crippen LogP contribution is 2.25. The highest BCUT2D eigenvalue weighted by atomic mass is 16.5. The molecule has 2 aromatic carbocycles. The first-order valence-electron chi connectivity index (χ1n) is 11.2. The lowest BCUT2D eigenvalue weighted by molar-refractivity contribution is 0.0630. The Labute approximate surface area is 172 Å². The van der Waals surface area contributed by atoms with Gasteiger partial charge in [-0.15, -0.1) is 0 Å². The highest BCUT2D eigenvalue weighted by molar-refractivity contribution is 5.64. The maximum atomic E-state index is 5.94. The molecule has 0 spiro atoms. The topological polar surface area (TPSA) is 18.5 Å². The fourth-order valence-corrected chi connectivity index (χ4v) is 3.29. The molecule has 154 valence electrons. The number of hydrogen-bond donors (Lipinski definition) is 0. The van der Waals surface area contributed by atoms with Crippen molar-refractivity contribution in [1.82, 2.24) is 0 Å². The van der Waals surface area contributed by atoms with E-state index in [-0.39, 0.29) is 6.10 Å².